The summed E-state index contributed by atoms with van der Waals surface area (Å²) >= 11 is 0. The highest BCUT2D eigenvalue weighted by atomic mass is 16.2. The molecule has 0 aromatic heterocycles. The van der Waals surface area contributed by atoms with E-state index in [0.717, 1.165) is 13.0 Å². The molecule has 0 aromatic rings. The molecule has 1 aliphatic rings. The highest BCUT2D eigenvalue weighted by molar-refractivity contribution is 5.74. The average Bonchev–Trinajstić information content (AvgIpc) is 2.28. The molecule has 1 fully saturated rings. The van der Waals surface area contributed by atoms with Crippen LogP contribution < -0.4 is 5.32 Å². The van der Waals surface area contributed by atoms with E-state index in [1.165, 1.54) is 0 Å². The van der Waals surface area contributed by atoms with Crippen LogP contribution in [0.25, 0.3) is 0 Å². The molecule has 6 nitrogen and oxygen atoms in total. The first-order valence-electron chi connectivity index (χ1n) is 5.50. The Bertz CT molecular complexity index is 237. The van der Waals surface area contributed by atoms with E-state index >= 15 is 0 Å². The van der Waals surface area contributed by atoms with Crippen LogP contribution in [0.1, 0.15) is 0 Å². The normalized spacial score (nSPS) is 16.4. The van der Waals surface area contributed by atoms with E-state index in [1.54, 1.807) is 9.80 Å². The van der Waals surface area contributed by atoms with Crippen LogP contribution in [-0.4, -0.2) is 80.5 Å². The molecule has 6 heteroatoms. The van der Waals surface area contributed by atoms with Gasteiger partial charge in [0.25, 0.3) is 0 Å². The van der Waals surface area contributed by atoms with Gasteiger partial charge < -0.3 is 20.0 Å². The molecule has 0 aliphatic carbocycles. The summed E-state index contributed by atoms with van der Waals surface area (Å²) in [7, 11) is 3.93. The third-order valence-corrected chi connectivity index (χ3v) is 2.59. The van der Waals surface area contributed by atoms with Gasteiger partial charge in [-0.15, -0.1) is 0 Å². The molecular formula is C10H20N4O2. The van der Waals surface area contributed by atoms with Crippen LogP contribution in [0.3, 0.4) is 0 Å². The fourth-order valence-corrected chi connectivity index (χ4v) is 1.53. The van der Waals surface area contributed by atoms with Gasteiger partial charge in [-0.1, -0.05) is 0 Å². The Morgan fingerprint density at radius 3 is 2.44 bits per heavy atom. The second kappa shape index (κ2) is 6.32. The summed E-state index contributed by atoms with van der Waals surface area (Å²) < 4.78 is 0. The maximum absolute atomic E-state index is 11.7. The fraction of sp³-hybridized carbons (Fsp3) is 0.800. The second-order valence-electron chi connectivity index (χ2n) is 4.16. The minimum atomic E-state index is -0.0348. The van der Waals surface area contributed by atoms with Crippen LogP contribution in [0.2, 0.25) is 0 Å². The minimum Gasteiger partial charge on any atom is -0.342 e. The summed E-state index contributed by atoms with van der Waals surface area (Å²) in [6.45, 7) is 3.98. The average molecular weight is 228 g/mol. The molecule has 16 heavy (non-hydrogen) atoms. The van der Waals surface area contributed by atoms with Gasteiger partial charge in [0.2, 0.25) is 6.41 Å². The molecule has 0 atom stereocenters. The van der Waals surface area contributed by atoms with E-state index in [-0.39, 0.29) is 6.03 Å². The van der Waals surface area contributed by atoms with Crippen LogP contribution in [0.4, 0.5) is 4.79 Å². The van der Waals surface area contributed by atoms with E-state index in [1.807, 2.05) is 19.0 Å². The molecule has 1 saturated heterocycles. The number of piperazine rings is 1. The number of hydrogen-bond donors (Lipinski definition) is 1. The lowest BCUT2D eigenvalue weighted by Gasteiger charge is -2.32. The lowest BCUT2D eigenvalue weighted by Crippen LogP contribution is -2.52. The summed E-state index contributed by atoms with van der Waals surface area (Å²) in [6.07, 6.45) is 0.835. The fourth-order valence-electron chi connectivity index (χ4n) is 1.53. The van der Waals surface area contributed by atoms with Crippen molar-refractivity contribution in [2.45, 2.75) is 0 Å². The van der Waals surface area contributed by atoms with Crippen molar-refractivity contribution >= 4 is 12.4 Å². The van der Waals surface area contributed by atoms with Crippen molar-refractivity contribution in [2.24, 2.45) is 0 Å². The number of hydrogen-bond acceptors (Lipinski definition) is 3. The van der Waals surface area contributed by atoms with Crippen molar-refractivity contribution in [3.63, 3.8) is 0 Å². The lowest BCUT2D eigenvalue weighted by atomic mass is 10.3. The molecule has 0 bridgehead atoms. The largest absolute Gasteiger partial charge is 0.342 e. The highest BCUT2D eigenvalue weighted by Crippen LogP contribution is 1.99. The Morgan fingerprint density at radius 2 is 1.94 bits per heavy atom. The maximum Gasteiger partial charge on any atom is 0.317 e. The van der Waals surface area contributed by atoms with Crippen molar-refractivity contribution in [3.8, 4) is 0 Å². The Labute approximate surface area is 96.2 Å². The van der Waals surface area contributed by atoms with Gasteiger partial charge >= 0.3 is 6.03 Å². The van der Waals surface area contributed by atoms with E-state index in [4.69, 9.17) is 0 Å². The lowest BCUT2D eigenvalue weighted by molar-refractivity contribution is -0.119. The zero-order chi connectivity index (χ0) is 12.0. The number of carbonyl (C=O) groups is 2. The van der Waals surface area contributed by atoms with Crippen LogP contribution >= 0.6 is 0 Å². The maximum atomic E-state index is 11.7. The zero-order valence-corrected chi connectivity index (χ0v) is 9.98. The number of amides is 3. The SMILES string of the molecule is CN(C)CCNC(=O)N1CCN(C=O)CC1. The smallest absolute Gasteiger partial charge is 0.317 e. The van der Waals surface area contributed by atoms with Crippen molar-refractivity contribution in [1.29, 1.82) is 0 Å². The molecule has 3 amide bonds. The van der Waals surface area contributed by atoms with Gasteiger partial charge in [-0.3, -0.25) is 4.79 Å². The zero-order valence-electron chi connectivity index (χ0n) is 9.98. The minimum absolute atomic E-state index is 0.0348. The van der Waals surface area contributed by atoms with E-state index in [9.17, 15) is 9.59 Å². The van der Waals surface area contributed by atoms with Gasteiger partial charge in [-0.05, 0) is 14.1 Å². The summed E-state index contributed by atoms with van der Waals surface area (Å²) in [5.74, 6) is 0. The van der Waals surface area contributed by atoms with E-state index < -0.39 is 0 Å². The first-order chi connectivity index (χ1) is 7.63. The predicted molar refractivity (Wildman–Crippen MR) is 61.2 cm³/mol. The molecule has 1 aliphatic heterocycles. The highest BCUT2D eigenvalue weighted by Gasteiger charge is 2.19. The molecule has 92 valence electrons. The standard InChI is InChI=1S/C10H20N4O2/c1-12(2)4-3-11-10(16)14-7-5-13(9-15)6-8-14/h9H,3-8H2,1-2H3,(H,11,16). The van der Waals surface area contributed by atoms with Crippen molar-refractivity contribution in [2.75, 3.05) is 53.4 Å². The van der Waals surface area contributed by atoms with Gasteiger partial charge in [-0.25, -0.2) is 4.79 Å². The van der Waals surface area contributed by atoms with Crippen LogP contribution in [0.15, 0.2) is 0 Å². The molecule has 0 unspecified atom stereocenters. The number of rotatable bonds is 4. The van der Waals surface area contributed by atoms with Crippen molar-refractivity contribution in [1.82, 2.24) is 20.0 Å². The molecule has 1 rings (SSSR count). The Balaban J connectivity index is 2.20. The summed E-state index contributed by atoms with van der Waals surface area (Å²) in [4.78, 5) is 27.6. The summed E-state index contributed by atoms with van der Waals surface area (Å²) in [5, 5.41) is 2.86. The third-order valence-electron chi connectivity index (χ3n) is 2.59. The van der Waals surface area contributed by atoms with Gasteiger partial charge in [0.1, 0.15) is 0 Å². The van der Waals surface area contributed by atoms with Gasteiger partial charge in [0.15, 0.2) is 0 Å². The molecule has 0 radical (unpaired) electrons. The monoisotopic (exact) mass is 228 g/mol. The summed E-state index contributed by atoms with van der Waals surface area (Å²) in [6, 6.07) is -0.0348. The topological polar surface area (TPSA) is 55.9 Å². The van der Waals surface area contributed by atoms with Gasteiger partial charge in [0, 0.05) is 39.3 Å². The molecule has 0 saturated carbocycles. The Hall–Kier alpha value is -1.30. The molecule has 0 spiro atoms. The number of nitrogens with one attached hydrogen (secondary N) is 1. The Morgan fingerprint density at radius 1 is 1.31 bits per heavy atom. The summed E-state index contributed by atoms with van der Waals surface area (Å²) in [5.41, 5.74) is 0. The number of urea groups is 1. The molecule has 1 heterocycles. The molecule has 1 N–H and O–H groups in total. The van der Waals surface area contributed by atoms with E-state index in [2.05, 4.69) is 5.32 Å². The van der Waals surface area contributed by atoms with Gasteiger partial charge in [0.05, 0.1) is 0 Å². The predicted octanol–water partition coefficient (Wildman–Crippen LogP) is -0.968. The van der Waals surface area contributed by atoms with Gasteiger partial charge in [-0.2, -0.15) is 0 Å². The number of likely N-dealkylation sites (N-methyl/N-ethyl adjacent to an activating group) is 1. The van der Waals surface area contributed by atoms with Crippen molar-refractivity contribution < 1.29 is 9.59 Å². The number of carbonyl (C=O) groups excluding carboxylic acids is 2. The number of nitrogens with zero attached hydrogens (tertiary/aromatic N) is 3. The molecular weight excluding hydrogens is 208 g/mol. The Kier molecular flexibility index (Phi) is 5.04. The molecule has 0 aromatic carbocycles. The quantitative estimate of drug-likeness (QED) is 0.630. The third kappa shape index (κ3) is 4.06. The van der Waals surface area contributed by atoms with Crippen LogP contribution in [0.5, 0.6) is 0 Å². The van der Waals surface area contributed by atoms with Crippen LogP contribution in [-0.2, 0) is 4.79 Å². The second-order valence-corrected chi connectivity index (χ2v) is 4.16. The van der Waals surface area contributed by atoms with Crippen molar-refractivity contribution in [3.05, 3.63) is 0 Å². The first kappa shape index (κ1) is 12.8. The van der Waals surface area contributed by atoms with Crippen LogP contribution in [0, 0.1) is 0 Å². The first-order valence-corrected chi connectivity index (χ1v) is 5.50. The van der Waals surface area contributed by atoms with E-state index in [0.29, 0.717) is 32.7 Å².